The van der Waals surface area contributed by atoms with E-state index >= 15 is 0 Å². The van der Waals surface area contributed by atoms with Crippen molar-refractivity contribution in [1.29, 1.82) is 0 Å². The maximum Gasteiger partial charge on any atom is 0.417 e. The molecular weight excluding hydrogens is 138 g/mol. The zero-order chi connectivity index (χ0) is 7.68. The monoisotopic (exact) mass is 146 g/mol. The Balaban J connectivity index is 2.59. The van der Waals surface area contributed by atoms with E-state index in [2.05, 4.69) is 4.99 Å². The molecule has 1 aliphatic rings. The van der Waals surface area contributed by atoms with Crippen LogP contribution in [0.2, 0.25) is 0 Å². The molecule has 0 atom stereocenters. The second kappa shape index (κ2) is 2.31. The highest BCUT2D eigenvalue weighted by atomic mass is 16.1. The quantitative estimate of drug-likeness (QED) is 0.527. The predicted octanol–water partition coefficient (Wildman–Crippen LogP) is -0.466. The van der Waals surface area contributed by atoms with Crippen molar-refractivity contribution in [2.45, 2.75) is 6.42 Å². The Kier molecular flexibility index (Phi) is 1.32. The lowest BCUT2D eigenvalue weighted by Crippen LogP contribution is -2.75. The van der Waals surface area contributed by atoms with Gasteiger partial charge in [-0.25, -0.2) is 4.79 Å². The van der Waals surface area contributed by atoms with Gasteiger partial charge >= 0.3 is 5.91 Å². The van der Waals surface area contributed by atoms with Crippen molar-refractivity contribution in [3.05, 3.63) is 35.4 Å². The topological polar surface area (TPSA) is 31.0 Å². The molecule has 54 valence electrons. The lowest BCUT2D eigenvalue weighted by molar-refractivity contribution is -0.342. The number of carbonyl (C=O) groups excluding carboxylic acids is 1. The van der Waals surface area contributed by atoms with Crippen LogP contribution in [0.5, 0.6) is 0 Å². The largest absolute Gasteiger partial charge is 0.417 e. The predicted molar refractivity (Wildman–Crippen MR) is 41.5 cm³/mol. The maximum absolute atomic E-state index is 11.1. The number of fused-ring (bicyclic) bond motifs is 1. The first-order valence-corrected chi connectivity index (χ1v) is 3.58. The Morgan fingerprint density at radius 2 is 2.09 bits per heavy atom. The number of hydrogen-bond donors (Lipinski definition) is 1. The fraction of sp³-hybridized carbons (Fsp3) is 0.111. The first-order chi connectivity index (χ1) is 5.38. The molecule has 0 fully saturated rings. The Hall–Kier alpha value is -1.44. The smallest absolute Gasteiger partial charge is 0.214 e. The summed E-state index contributed by atoms with van der Waals surface area (Å²) in [6.07, 6.45) is 2.62. The van der Waals surface area contributed by atoms with Crippen molar-refractivity contribution in [1.82, 2.24) is 0 Å². The van der Waals surface area contributed by atoms with Crippen molar-refractivity contribution >= 4 is 12.1 Å². The summed E-state index contributed by atoms with van der Waals surface area (Å²) in [5.41, 5.74) is 1.91. The van der Waals surface area contributed by atoms with Gasteiger partial charge in [-0.05, 0) is 11.6 Å². The van der Waals surface area contributed by atoms with E-state index in [1.165, 1.54) is 0 Å². The van der Waals surface area contributed by atoms with Crippen molar-refractivity contribution in [3.8, 4) is 0 Å². The number of amides is 1. The molecule has 1 heterocycles. The van der Waals surface area contributed by atoms with Crippen molar-refractivity contribution < 1.29 is 9.79 Å². The molecule has 1 aliphatic heterocycles. The number of nitrogens with one attached hydrogen (secondary N) is 1. The standard InChI is InChI=1S/C9H7NO/c11-9-8-4-2-1-3-7(8)5-6-10-9/h1-4,6H,5H2/p+1. The molecule has 1 N–H and O–H groups in total. The lowest BCUT2D eigenvalue weighted by Gasteiger charge is -2.01. The van der Waals surface area contributed by atoms with Gasteiger partial charge in [0.25, 0.3) is 0 Å². The van der Waals surface area contributed by atoms with Crippen LogP contribution in [0.1, 0.15) is 15.9 Å². The highest BCUT2D eigenvalue weighted by molar-refractivity contribution is 5.92. The first-order valence-electron chi connectivity index (χ1n) is 3.58. The van der Waals surface area contributed by atoms with Gasteiger partial charge in [0.2, 0.25) is 0 Å². The molecule has 0 bridgehead atoms. The fourth-order valence-corrected chi connectivity index (χ4v) is 1.25. The molecule has 0 aliphatic carbocycles. The number of rotatable bonds is 0. The molecule has 2 rings (SSSR count). The summed E-state index contributed by atoms with van der Waals surface area (Å²) in [4.78, 5) is 13.8. The summed E-state index contributed by atoms with van der Waals surface area (Å²) in [5.74, 6) is 0.00634. The fourth-order valence-electron chi connectivity index (χ4n) is 1.25. The van der Waals surface area contributed by atoms with Gasteiger partial charge in [0.1, 0.15) is 0 Å². The van der Waals surface area contributed by atoms with Gasteiger partial charge in [-0.2, -0.15) is 4.99 Å². The molecule has 1 aromatic rings. The van der Waals surface area contributed by atoms with Gasteiger partial charge in [-0.3, -0.25) is 0 Å². The van der Waals surface area contributed by atoms with Gasteiger partial charge in [0.05, 0.1) is 12.0 Å². The summed E-state index contributed by atoms with van der Waals surface area (Å²) >= 11 is 0. The Morgan fingerprint density at radius 3 is 2.91 bits per heavy atom. The second-order valence-corrected chi connectivity index (χ2v) is 2.54. The number of benzene rings is 1. The Labute approximate surface area is 64.6 Å². The van der Waals surface area contributed by atoms with Crippen molar-refractivity contribution in [3.63, 3.8) is 0 Å². The normalized spacial score (nSPS) is 14.7. The van der Waals surface area contributed by atoms with E-state index in [1.807, 2.05) is 24.3 Å². The van der Waals surface area contributed by atoms with Crippen LogP contribution < -0.4 is 4.99 Å². The lowest BCUT2D eigenvalue weighted by atomic mass is 10.0. The zero-order valence-corrected chi connectivity index (χ0v) is 6.00. The van der Waals surface area contributed by atoms with E-state index in [0.29, 0.717) is 0 Å². The minimum atomic E-state index is 0.00634. The van der Waals surface area contributed by atoms with Gasteiger partial charge in [0.15, 0.2) is 6.21 Å². The summed E-state index contributed by atoms with van der Waals surface area (Å²) in [5, 5.41) is 0. The molecule has 0 saturated carbocycles. The van der Waals surface area contributed by atoms with Crippen LogP contribution in [0.3, 0.4) is 0 Å². The molecule has 1 aromatic carbocycles. The highest BCUT2D eigenvalue weighted by Gasteiger charge is 2.17. The molecule has 1 amide bonds. The van der Waals surface area contributed by atoms with E-state index in [-0.39, 0.29) is 5.91 Å². The second-order valence-electron chi connectivity index (χ2n) is 2.54. The number of carbonyl (C=O) groups is 1. The van der Waals surface area contributed by atoms with Gasteiger partial charge < -0.3 is 0 Å². The van der Waals surface area contributed by atoms with E-state index < -0.39 is 0 Å². The first kappa shape index (κ1) is 6.28. The molecule has 0 aromatic heterocycles. The molecule has 0 unspecified atom stereocenters. The molecule has 2 nitrogen and oxygen atoms in total. The van der Waals surface area contributed by atoms with Crippen molar-refractivity contribution in [2.75, 3.05) is 0 Å². The van der Waals surface area contributed by atoms with Gasteiger partial charge in [-0.1, -0.05) is 18.2 Å². The van der Waals surface area contributed by atoms with E-state index in [4.69, 9.17) is 0 Å². The van der Waals surface area contributed by atoms with Crippen LogP contribution in [0.15, 0.2) is 24.3 Å². The summed E-state index contributed by atoms with van der Waals surface area (Å²) in [6.45, 7) is 0. The third kappa shape index (κ3) is 0.963. The minimum Gasteiger partial charge on any atom is -0.214 e. The van der Waals surface area contributed by atoms with Crippen LogP contribution in [0.25, 0.3) is 0 Å². The van der Waals surface area contributed by atoms with Crippen LogP contribution >= 0.6 is 0 Å². The van der Waals surface area contributed by atoms with Crippen LogP contribution in [0.4, 0.5) is 0 Å². The maximum atomic E-state index is 11.1. The number of hydrogen-bond acceptors (Lipinski definition) is 1. The third-order valence-corrected chi connectivity index (χ3v) is 1.82. The van der Waals surface area contributed by atoms with E-state index in [9.17, 15) is 4.79 Å². The Morgan fingerprint density at radius 1 is 1.27 bits per heavy atom. The van der Waals surface area contributed by atoms with Gasteiger partial charge in [0, 0.05) is 0 Å². The van der Waals surface area contributed by atoms with E-state index in [1.54, 1.807) is 6.21 Å². The van der Waals surface area contributed by atoms with Crippen LogP contribution in [0, 0.1) is 0 Å². The van der Waals surface area contributed by atoms with Crippen molar-refractivity contribution in [2.24, 2.45) is 0 Å². The summed E-state index contributed by atoms with van der Waals surface area (Å²) < 4.78 is 0. The molecular formula is C9H8NO+. The molecule has 11 heavy (non-hydrogen) atoms. The van der Waals surface area contributed by atoms with Crippen LogP contribution in [-0.2, 0) is 6.42 Å². The SMILES string of the molecule is O=C1[NH+]=CCc2ccccc21. The van der Waals surface area contributed by atoms with Crippen LogP contribution in [-0.4, -0.2) is 12.1 Å². The average molecular weight is 146 g/mol. The third-order valence-electron chi connectivity index (χ3n) is 1.82. The van der Waals surface area contributed by atoms with E-state index in [0.717, 1.165) is 17.5 Å². The molecule has 0 spiro atoms. The molecule has 0 saturated heterocycles. The highest BCUT2D eigenvalue weighted by Crippen LogP contribution is 2.07. The molecule has 2 heteroatoms. The summed E-state index contributed by atoms with van der Waals surface area (Å²) in [6, 6.07) is 7.65. The molecule has 0 radical (unpaired) electrons. The minimum absolute atomic E-state index is 0.00634. The van der Waals surface area contributed by atoms with Gasteiger partial charge in [-0.15, -0.1) is 0 Å². The average Bonchev–Trinajstić information content (AvgIpc) is 2.06. The Bertz CT molecular complexity index is 328. The zero-order valence-electron chi connectivity index (χ0n) is 6.00. The summed E-state index contributed by atoms with van der Waals surface area (Å²) in [7, 11) is 0.